The Kier molecular flexibility index (Phi) is 2.93. The van der Waals surface area contributed by atoms with E-state index in [1.807, 2.05) is 19.1 Å². The second-order valence-corrected chi connectivity index (χ2v) is 3.75. The van der Waals surface area contributed by atoms with E-state index in [9.17, 15) is 15.2 Å². The SMILES string of the molecule is Cc1ccc(C(O)c2ccc([N+](=O)[O-])o2)cc1. The van der Waals surface area contributed by atoms with Gasteiger partial charge in [0.1, 0.15) is 16.8 Å². The van der Waals surface area contributed by atoms with Gasteiger partial charge in [-0.05, 0) is 18.6 Å². The van der Waals surface area contributed by atoms with E-state index in [2.05, 4.69) is 0 Å². The molecule has 0 amide bonds. The van der Waals surface area contributed by atoms with Crippen molar-refractivity contribution in [1.29, 1.82) is 0 Å². The summed E-state index contributed by atoms with van der Waals surface area (Å²) in [6, 6.07) is 9.86. The lowest BCUT2D eigenvalue weighted by atomic mass is 10.1. The van der Waals surface area contributed by atoms with Gasteiger partial charge in [0, 0.05) is 0 Å². The molecule has 1 aromatic carbocycles. The zero-order valence-electron chi connectivity index (χ0n) is 9.16. The lowest BCUT2D eigenvalue weighted by Crippen LogP contribution is -1.97. The average molecular weight is 233 g/mol. The molecule has 1 N–H and O–H groups in total. The summed E-state index contributed by atoms with van der Waals surface area (Å²) in [4.78, 5) is 9.81. The summed E-state index contributed by atoms with van der Waals surface area (Å²) in [6.07, 6.45) is -0.982. The molecule has 2 rings (SSSR count). The predicted molar refractivity (Wildman–Crippen MR) is 60.6 cm³/mol. The molecule has 88 valence electrons. The van der Waals surface area contributed by atoms with E-state index in [0.29, 0.717) is 5.56 Å². The van der Waals surface area contributed by atoms with Crippen LogP contribution in [0.15, 0.2) is 40.8 Å². The average Bonchev–Trinajstić information content (AvgIpc) is 2.78. The normalized spacial score (nSPS) is 12.4. The number of hydrogen-bond acceptors (Lipinski definition) is 4. The third kappa shape index (κ3) is 2.34. The van der Waals surface area contributed by atoms with E-state index < -0.39 is 11.0 Å². The van der Waals surface area contributed by atoms with Crippen molar-refractivity contribution in [2.75, 3.05) is 0 Å². The summed E-state index contributed by atoms with van der Waals surface area (Å²) in [7, 11) is 0. The van der Waals surface area contributed by atoms with Crippen molar-refractivity contribution >= 4 is 5.88 Å². The van der Waals surface area contributed by atoms with Crippen LogP contribution in [0.4, 0.5) is 5.88 Å². The second kappa shape index (κ2) is 4.39. The molecule has 5 nitrogen and oxygen atoms in total. The van der Waals surface area contributed by atoms with Gasteiger partial charge in [-0.25, -0.2) is 0 Å². The Bertz CT molecular complexity index is 530. The molecule has 1 aromatic heterocycles. The number of rotatable bonds is 3. The van der Waals surface area contributed by atoms with Gasteiger partial charge in [0.2, 0.25) is 0 Å². The number of hydrogen-bond donors (Lipinski definition) is 1. The maximum absolute atomic E-state index is 10.4. The van der Waals surface area contributed by atoms with Crippen LogP contribution in [0.3, 0.4) is 0 Å². The van der Waals surface area contributed by atoms with Crippen molar-refractivity contribution in [2.45, 2.75) is 13.0 Å². The van der Waals surface area contributed by atoms with Crippen LogP contribution >= 0.6 is 0 Å². The molecule has 1 unspecified atom stereocenters. The highest BCUT2D eigenvalue weighted by Gasteiger charge is 2.18. The third-order valence-electron chi connectivity index (χ3n) is 2.46. The Morgan fingerprint density at radius 3 is 2.41 bits per heavy atom. The van der Waals surface area contributed by atoms with Crippen molar-refractivity contribution in [2.24, 2.45) is 0 Å². The zero-order chi connectivity index (χ0) is 12.4. The number of nitro groups is 1. The van der Waals surface area contributed by atoms with E-state index in [-0.39, 0.29) is 11.6 Å². The minimum absolute atomic E-state index is 0.167. The van der Waals surface area contributed by atoms with Gasteiger partial charge in [-0.3, -0.25) is 10.1 Å². The smallest absolute Gasteiger partial charge is 0.403 e. The molecule has 0 spiro atoms. The molecule has 0 aliphatic carbocycles. The molecule has 5 heteroatoms. The number of aryl methyl sites for hydroxylation is 1. The Morgan fingerprint density at radius 2 is 1.88 bits per heavy atom. The lowest BCUT2D eigenvalue weighted by molar-refractivity contribution is -0.402. The molecule has 0 bridgehead atoms. The Balaban J connectivity index is 2.27. The minimum atomic E-state index is -0.982. The van der Waals surface area contributed by atoms with Crippen LogP contribution in [0.25, 0.3) is 0 Å². The Labute approximate surface area is 97.5 Å². The number of aliphatic hydroxyl groups excluding tert-OH is 1. The van der Waals surface area contributed by atoms with Crippen molar-refractivity contribution in [3.05, 3.63) is 63.4 Å². The molecule has 2 aromatic rings. The predicted octanol–water partition coefficient (Wildman–Crippen LogP) is 2.58. The Morgan fingerprint density at radius 1 is 1.24 bits per heavy atom. The Hall–Kier alpha value is -2.14. The fourth-order valence-electron chi connectivity index (χ4n) is 1.50. The van der Waals surface area contributed by atoms with E-state index in [4.69, 9.17) is 4.42 Å². The van der Waals surface area contributed by atoms with Gasteiger partial charge in [-0.1, -0.05) is 29.8 Å². The van der Waals surface area contributed by atoms with Crippen molar-refractivity contribution in [3.8, 4) is 0 Å². The standard InChI is InChI=1S/C12H11NO4/c1-8-2-4-9(5-3-8)12(14)10-6-7-11(17-10)13(15)16/h2-7,12,14H,1H3. The third-order valence-corrected chi connectivity index (χ3v) is 2.46. The number of nitrogens with zero attached hydrogens (tertiary/aromatic N) is 1. The first-order valence-electron chi connectivity index (χ1n) is 5.06. The van der Waals surface area contributed by atoms with Gasteiger partial charge in [0.25, 0.3) is 0 Å². The molecule has 17 heavy (non-hydrogen) atoms. The maximum Gasteiger partial charge on any atom is 0.433 e. The van der Waals surface area contributed by atoms with Crippen LogP contribution in [0.5, 0.6) is 0 Å². The topological polar surface area (TPSA) is 76.5 Å². The second-order valence-electron chi connectivity index (χ2n) is 3.75. The highest BCUT2D eigenvalue weighted by molar-refractivity contribution is 5.29. The highest BCUT2D eigenvalue weighted by atomic mass is 16.6. The highest BCUT2D eigenvalue weighted by Crippen LogP contribution is 2.26. The summed E-state index contributed by atoms with van der Waals surface area (Å²) in [5.74, 6) is -0.202. The fraction of sp³-hybridized carbons (Fsp3) is 0.167. The molecule has 0 radical (unpaired) electrons. The lowest BCUT2D eigenvalue weighted by Gasteiger charge is -2.07. The van der Waals surface area contributed by atoms with Crippen molar-refractivity contribution < 1.29 is 14.4 Å². The molecule has 0 aliphatic rings. The summed E-state index contributed by atoms with van der Waals surface area (Å²) >= 11 is 0. The summed E-state index contributed by atoms with van der Waals surface area (Å²) < 4.78 is 4.94. The molecule has 0 saturated heterocycles. The van der Waals surface area contributed by atoms with E-state index in [0.717, 1.165) is 5.56 Å². The zero-order valence-corrected chi connectivity index (χ0v) is 9.16. The van der Waals surface area contributed by atoms with Crippen molar-refractivity contribution in [3.63, 3.8) is 0 Å². The molecule has 0 fully saturated rings. The number of benzene rings is 1. The maximum atomic E-state index is 10.4. The van der Waals surface area contributed by atoms with Crippen LogP contribution in [-0.2, 0) is 0 Å². The van der Waals surface area contributed by atoms with E-state index in [1.54, 1.807) is 12.1 Å². The summed E-state index contributed by atoms with van der Waals surface area (Å²) in [5.41, 5.74) is 1.71. The van der Waals surface area contributed by atoms with Gasteiger partial charge in [0.05, 0.1) is 6.07 Å². The number of aliphatic hydroxyl groups is 1. The van der Waals surface area contributed by atoms with Crippen LogP contribution in [0.1, 0.15) is 23.0 Å². The van der Waals surface area contributed by atoms with Gasteiger partial charge >= 0.3 is 5.88 Å². The first-order chi connectivity index (χ1) is 8.08. The molecule has 0 aliphatic heterocycles. The monoisotopic (exact) mass is 233 g/mol. The number of furan rings is 1. The van der Waals surface area contributed by atoms with Gasteiger partial charge in [-0.2, -0.15) is 0 Å². The van der Waals surface area contributed by atoms with Crippen LogP contribution in [0.2, 0.25) is 0 Å². The first-order valence-corrected chi connectivity index (χ1v) is 5.06. The molecular weight excluding hydrogens is 222 g/mol. The largest absolute Gasteiger partial charge is 0.433 e. The summed E-state index contributed by atoms with van der Waals surface area (Å²) in [6.45, 7) is 1.94. The first kappa shape index (κ1) is 11.3. The molecule has 0 saturated carbocycles. The van der Waals surface area contributed by atoms with Gasteiger partial charge in [0.15, 0.2) is 0 Å². The minimum Gasteiger partial charge on any atom is -0.403 e. The van der Waals surface area contributed by atoms with E-state index >= 15 is 0 Å². The van der Waals surface area contributed by atoms with E-state index in [1.165, 1.54) is 12.1 Å². The molecule has 1 atom stereocenters. The van der Waals surface area contributed by atoms with Gasteiger partial charge < -0.3 is 9.52 Å². The molecule has 1 heterocycles. The van der Waals surface area contributed by atoms with Crippen LogP contribution in [-0.4, -0.2) is 10.0 Å². The van der Waals surface area contributed by atoms with Crippen molar-refractivity contribution in [1.82, 2.24) is 0 Å². The summed E-state index contributed by atoms with van der Waals surface area (Å²) in [5, 5.41) is 20.4. The fourth-order valence-corrected chi connectivity index (χ4v) is 1.50. The quantitative estimate of drug-likeness (QED) is 0.652. The van der Waals surface area contributed by atoms with Crippen LogP contribution in [0, 0.1) is 17.0 Å². The molecular formula is C12H11NO4. The van der Waals surface area contributed by atoms with Gasteiger partial charge in [-0.15, -0.1) is 0 Å². The van der Waals surface area contributed by atoms with Crippen LogP contribution < -0.4 is 0 Å².